The molecule has 0 unspecified atom stereocenters. The van der Waals surface area contributed by atoms with Crippen molar-refractivity contribution in [1.82, 2.24) is 20.6 Å². The first kappa shape index (κ1) is 8.68. The number of nitrogens with zero attached hydrogens (tertiary/aromatic N) is 3. The standard InChI is InChI=1S/C9H11N5/c1-10-8-4-2-3-7(5-8)6-9-11-13-14-12-9/h2-5,10H,6H2,1H3,(H,11,12,13,14). The second kappa shape index (κ2) is 3.87. The van der Waals surface area contributed by atoms with Crippen LogP contribution in [0.1, 0.15) is 11.4 Å². The molecular weight excluding hydrogens is 178 g/mol. The number of anilines is 1. The second-order valence-corrected chi connectivity index (χ2v) is 2.96. The minimum atomic E-state index is 0.700. The van der Waals surface area contributed by atoms with E-state index in [1.54, 1.807) is 0 Å². The molecule has 72 valence electrons. The Balaban J connectivity index is 2.17. The van der Waals surface area contributed by atoms with Crippen LogP contribution in [0.2, 0.25) is 0 Å². The molecule has 0 atom stereocenters. The van der Waals surface area contributed by atoms with E-state index in [1.807, 2.05) is 25.2 Å². The van der Waals surface area contributed by atoms with Crippen molar-refractivity contribution in [3.05, 3.63) is 35.7 Å². The van der Waals surface area contributed by atoms with E-state index in [1.165, 1.54) is 5.56 Å². The van der Waals surface area contributed by atoms with Gasteiger partial charge < -0.3 is 5.32 Å². The third-order valence-corrected chi connectivity index (χ3v) is 1.97. The molecule has 0 fully saturated rings. The molecule has 0 aliphatic heterocycles. The Labute approximate surface area is 81.5 Å². The number of nitrogens with one attached hydrogen (secondary N) is 2. The van der Waals surface area contributed by atoms with Gasteiger partial charge in [-0.15, -0.1) is 10.2 Å². The molecule has 0 saturated heterocycles. The quantitative estimate of drug-likeness (QED) is 0.750. The predicted molar refractivity (Wildman–Crippen MR) is 53.0 cm³/mol. The minimum Gasteiger partial charge on any atom is -0.388 e. The van der Waals surface area contributed by atoms with Crippen LogP contribution in [0.25, 0.3) is 0 Å². The van der Waals surface area contributed by atoms with E-state index in [0.717, 1.165) is 5.69 Å². The van der Waals surface area contributed by atoms with Gasteiger partial charge in [0.2, 0.25) is 0 Å². The predicted octanol–water partition coefficient (Wildman–Crippen LogP) is 0.832. The van der Waals surface area contributed by atoms with E-state index >= 15 is 0 Å². The molecule has 14 heavy (non-hydrogen) atoms. The van der Waals surface area contributed by atoms with Crippen LogP contribution in [-0.4, -0.2) is 27.7 Å². The lowest BCUT2D eigenvalue weighted by molar-refractivity contribution is 0.881. The van der Waals surface area contributed by atoms with Gasteiger partial charge in [0.15, 0.2) is 5.82 Å². The van der Waals surface area contributed by atoms with Gasteiger partial charge in [0.25, 0.3) is 0 Å². The molecule has 0 aliphatic carbocycles. The van der Waals surface area contributed by atoms with Crippen LogP contribution in [0.4, 0.5) is 5.69 Å². The monoisotopic (exact) mass is 189 g/mol. The van der Waals surface area contributed by atoms with Gasteiger partial charge >= 0.3 is 0 Å². The SMILES string of the molecule is CNc1cccc(Cc2nn[nH]n2)c1. The van der Waals surface area contributed by atoms with Crippen LogP contribution in [0, 0.1) is 0 Å². The summed E-state index contributed by atoms with van der Waals surface area (Å²) in [6.45, 7) is 0. The van der Waals surface area contributed by atoms with E-state index in [2.05, 4.69) is 32.0 Å². The van der Waals surface area contributed by atoms with Crippen LogP contribution < -0.4 is 5.32 Å². The molecule has 0 radical (unpaired) electrons. The summed E-state index contributed by atoms with van der Waals surface area (Å²) in [5, 5.41) is 16.8. The lowest BCUT2D eigenvalue weighted by Crippen LogP contribution is -1.93. The highest BCUT2D eigenvalue weighted by Crippen LogP contribution is 2.11. The normalized spacial score (nSPS) is 10.1. The van der Waals surface area contributed by atoms with Crippen LogP contribution in [0.3, 0.4) is 0 Å². The lowest BCUT2D eigenvalue weighted by atomic mass is 10.1. The van der Waals surface area contributed by atoms with Gasteiger partial charge in [-0.2, -0.15) is 5.21 Å². The van der Waals surface area contributed by atoms with Gasteiger partial charge in [-0.3, -0.25) is 0 Å². The summed E-state index contributed by atoms with van der Waals surface area (Å²) in [5.41, 5.74) is 2.25. The maximum Gasteiger partial charge on any atom is 0.178 e. The highest BCUT2D eigenvalue weighted by molar-refractivity contribution is 5.45. The van der Waals surface area contributed by atoms with Crippen LogP contribution in [-0.2, 0) is 6.42 Å². The van der Waals surface area contributed by atoms with E-state index in [0.29, 0.717) is 12.2 Å². The van der Waals surface area contributed by atoms with Crippen LogP contribution in [0.15, 0.2) is 24.3 Å². The van der Waals surface area contributed by atoms with Crippen molar-refractivity contribution in [3.8, 4) is 0 Å². The largest absolute Gasteiger partial charge is 0.388 e. The zero-order valence-corrected chi connectivity index (χ0v) is 7.86. The molecule has 1 heterocycles. The molecule has 0 spiro atoms. The Morgan fingerprint density at radius 1 is 1.43 bits per heavy atom. The summed E-state index contributed by atoms with van der Waals surface area (Å²) in [7, 11) is 1.90. The molecule has 1 aromatic heterocycles. The van der Waals surface area contributed by atoms with Crippen molar-refractivity contribution >= 4 is 5.69 Å². The fraction of sp³-hybridized carbons (Fsp3) is 0.222. The zero-order chi connectivity index (χ0) is 9.80. The second-order valence-electron chi connectivity index (χ2n) is 2.96. The molecule has 1 aromatic carbocycles. The van der Waals surface area contributed by atoms with Gasteiger partial charge in [-0.1, -0.05) is 17.3 Å². The number of rotatable bonds is 3. The molecule has 5 heteroatoms. The minimum absolute atomic E-state index is 0.700. The molecule has 2 rings (SSSR count). The summed E-state index contributed by atoms with van der Waals surface area (Å²) in [5.74, 6) is 0.707. The van der Waals surface area contributed by atoms with Crippen molar-refractivity contribution in [2.24, 2.45) is 0 Å². The van der Waals surface area contributed by atoms with E-state index in [-0.39, 0.29) is 0 Å². The summed E-state index contributed by atoms with van der Waals surface area (Å²) >= 11 is 0. The zero-order valence-electron chi connectivity index (χ0n) is 7.86. The average molecular weight is 189 g/mol. The highest BCUT2D eigenvalue weighted by Gasteiger charge is 2.00. The van der Waals surface area contributed by atoms with Crippen LogP contribution in [0.5, 0.6) is 0 Å². The molecule has 0 amide bonds. The van der Waals surface area contributed by atoms with E-state index < -0.39 is 0 Å². The average Bonchev–Trinajstić information content (AvgIpc) is 2.71. The fourth-order valence-corrected chi connectivity index (χ4v) is 1.28. The number of hydrogen-bond acceptors (Lipinski definition) is 4. The van der Waals surface area contributed by atoms with Crippen molar-refractivity contribution < 1.29 is 0 Å². The molecule has 5 nitrogen and oxygen atoms in total. The van der Waals surface area contributed by atoms with Gasteiger partial charge in [0.1, 0.15) is 0 Å². The Morgan fingerprint density at radius 3 is 3.07 bits per heavy atom. The molecule has 2 aromatic rings. The first-order valence-corrected chi connectivity index (χ1v) is 4.37. The van der Waals surface area contributed by atoms with Gasteiger partial charge in [-0.25, -0.2) is 0 Å². The third kappa shape index (κ3) is 1.87. The first-order valence-electron chi connectivity index (χ1n) is 4.37. The molecule has 0 saturated carbocycles. The van der Waals surface area contributed by atoms with Gasteiger partial charge in [-0.05, 0) is 17.7 Å². The summed E-state index contributed by atoms with van der Waals surface area (Å²) < 4.78 is 0. The molecule has 2 N–H and O–H groups in total. The third-order valence-electron chi connectivity index (χ3n) is 1.97. The summed E-state index contributed by atoms with van der Waals surface area (Å²) in [6, 6.07) is 8.12. The van der Waals surface area contributed by atoms with E-state index in [9.17, 15) is 0 Å². The van der Waals surface area contributed by atoms with E-state index in [4.69, 9.17) is 0 Å². The van der Waals surface area contributed by atoms with Crippen molar-refractivity contribution in [3.63, 3.8) is 0 Å². The maximum absolute atomic E-state index is 3.90. The number of benzene rings is 1. The number of hydrogen-bond donors (Lipinski definition) is 2. The van der Waals surface area contributed by atoms with Crippen molar-refractivity contribution in [2.75, 3.05) is 12.4 Å². The Morgan fingerprint density at radius 2 is 2.36 bits per heavy atom. The number of aromatic amines is 1. The van der Waals surface area contributed by atoms with Gasteiger partial charge in [0, 0.05) is 19.2 Å². The van der Waals surface area contributed by atoms with Crippen molar-refractivity contribution in [1.29, 1.82) is 0 Å². The maximum atomic E-state index is 3.90. The molecular formula is C9H11N5. The number of aromatic nitrogens is 4. The lowest BCUT2D eigenvalue weighted by Gasteiger charge is -2.01. The highest BCUT2D eigenvalue weighted by atomic mass is 15.5. The smallest absolute Gasteiger partial charge is 0.178 e. The van der Waals surface area contributed by atoms with Crippen LogP contribution >= 0.6 is 0 Å². The summed E-state index contributed by atoms with van der Waals surface area (Å²) in [6.07, 6.45) is 0.700. The summed E-state index contributed by atoms with van der Waals surface area (Å²) in [4.78, 5) is 0. The molecule has 0 aliphatic rings. The van der Waals surface area contributed by atoms with Crippen molar-refractivity contribution in [2.45, 2.75) is 6.42 Å². The Hall–Kier alpha value is -1.91. The topological polar surface area (TPSA) is 66.5 Å². The Bertz CT molecular complexity index is 395. The first-order chi connectivity index (χ1) is 6.88. The van der Waals surface area contributed by atoms with Gasteiger partial charge in [0.05, 0.1) is 0 Å². The Kier molecular flexibility index (Phi) is 2.40. The fourth-order valence-electron chi connectivity index (χ4n) is 1.28. The number of tetrazole rings is 1. The number of H-pyrrole nitrogens is 1. The molecule has 0 bridgehead atoms.